The normalized spacial score (nSPS) is 10.8. The molecule has 0 spiro atoms. The monoisotopic (exact) mass is 304 g/mol. The standard InChI is InChI=1S/C24H16/c1(9-19-13-7-15-21-11-3-5-17-23(19)21)2-10-20-14-8-16-22-12-4-6-18-24(20)22/h1,3-9,11-18H/b9-1+. The molecule has 0 unspecified atom stereocenters. The molecule has 0 heteroatoms. The predicted molar refractivity (Wildman–Crippen MR) is 104 cm³/mol. The highest BCUT2D eigenvalue weighted by atomic mass is 14.0. The van der Waals surface area contributed by atoms with Crippen molar-refractivity contribution in [3.8, 4) is 11.8 Å². The number of hydrogen-bond acceptors (Lipinski definition) is 0. The SMILES string of the molecule is C(#Cc1cccc2ccccc12)/C=C/c1cccc2ccccc12. The summed E-state index contributed by atoms with van der Waals surface area (Å²) in [6, 6.07) is 29.3. The third kappa shape index (κ3) is 2.81. The first-order chi connectivity index (χ1) is 11.9. The van der Waals surface area contributed by atoms with Crippen LogP contribution in [0.15, 0.2) is 91.0 Å². The van der Waals surface area contributed by atoms with Gasteiger partial charge in [0.15, 0.2) is 0 Å². The van der Waals surface area contributed by atoms with Gasteiger partial charge in [0.05, 0.1) is 0 Å². The van der Waals surface area contributed by atoms with Gasteiger partial charge in [-0.3, -0.25) is 0 Å². The molecule has 0 saturated carbocycles. The molecule has 4 aromatic rings. The number of fused-ring (bicyclic) bond motifs is 2. The van der Waals surface area contributed by atoms with Crippen LogP contribution in [-0.2, 0) is 0 Å². The van der Waals surface area contributed by atoms with Gasteiger partial charge in [-0.25, -0.2) is 0 Å². The second kappa shape index (κ2) is 6.44. The van der Waals surface area contributed by atoms with Gasteiger partial charge < -0.3 is 0 Å². The van der Waals surface area contributed by atoms with Crippen LogP contribution in [-0.4, -0.2) is 0 Å². The minimum Gasteiger partial charge on any atom is -0.0696 e. The Kier molecular flexibility index (Phi) is 3.84. The van der Waals surface area contributed by atoms with Crippen LogP contribution in [0.1, 0.15) is 11.1 Å². The fraction of sp³-hybridized carbons (Fsp3) is 0. The van der Waals surface area contributed by atoms with E-state index in [1.165, 1.54) is 27.1 Å². The molecule has 112 valence electrons. The zero-order valence-corrected chi connectivity index (χ0v) is 13.2. The zero-order valence-electron chi connectivity index (χ0n) is 13.2. The first kappa shape index (κ1) is 14.3. The molecule has 0 atom stereocenters. The van der Waals surface area contributed by atoms with E-state index in [9.17, 15) is 0 Å². The molecule has 0 aliphatic rings. The van der Waals surface area contributed by atoms with E-state index in [1.54, 1.807) is 0 Å². The van der Waals surface area contributed by atoms with Gasteiger partial charge in [0.25, 0.3) is 0 Å². The molecule has 0 aromatic heterocycles. The van der Waals surface area contributed by atoms with Crippen molar-refractivity contribution in [3.05, 3.63) is 102 Å². The largest absolute Gasteiger partial charge is 0.0696 e. The maximum absolute atomic E-state index is 3.27. The number of benzene rings is 4. The molecule has 0 N–H and O–H groups in total. The average molecular weight is 304 g/mol. The molecule has 0 heterocycles. The van der Waals surface area contributed by atoms with E-state index in [2.05, 4.69) is 103 Å². The fourth-order valence-corrected chi connectivity index (χ4v) is 2.98. The molecule has 24 heavy (non-hydrogen) atoms. The summed E-state index contributed by atoms with van der Waals surface area (Å²) in [7, 11) is 0. The topological polar surface area (TPSA) is 0 Å². The zero-order chi connectivity index (χ0) is 16.2. The summed E-state index contributed by atoms with van der Waals surface area (Å²) in [5.41, 5.74) is 2.26. The van der Waals surface area contributed by atoms with Crippen molar-refractivity contribution in [2.24, 2.45) is 0 Å². The molecule has 4 rings (SSSR count). The lowest BCUT2D eigenvalue weighted by Crippen LogP contribution is -1.78. The van der Waals surface area contributed by atoms with Crippen molar-refractivity contribution in [3.63, 3.8) is 0 Å². The number of rotatable bonds is 1. The number of hydrogen-bond donors (Lipinski definition) is 0. The van der Waals surface area contributed by atoms with Gasteiger partial charge in [0.1, 0.15) is 0 Å². The first-order valence-electron chi connectivity index (χ1n) is 8.05. The second-order valence-electron chi connectivity index (χ2n) is 5.70. The Morgan fingerprint density at radius 3 is 2.04 bits per heavy atom. The summed E-state index contributed by atoms with van der Waals surface area (Å²) in [6.07, 6.45) is 4.02. The molecular formula is C24H16. The minimum atomic E-state index is 1.07. The Hall–Kier alpha value is -3.30. The molecule has 0 aliphatic carbocycles. The summed E-state index contributed by atoms with van der Waals surface area (Å²) < 4.78 is 0. The van der Waals surface area contributed by atoms with Crippen LogP contribution in [0.5, 0.6) is 0 Å². The highest BCUT2D eigenvalue weighted by Crippen LogP contribution is 2.20. The number of allylic oxidation sites excluding steroid dienone is 1. The summed E-state index contributed by atoms with van der Waals surface area (Å²) >= 11 is 0. The van der Waals surface area contributed by atoms with Gasteiger partial charge in [-0.1, -0.05) is 90.7 Å². The highest BCUT2D eigenvalue weighted by molar-refractivity contribution is 5.91. The van der Waals surface area contributed by atoms with Gasteiger partial charge in [0, 0.05) is 5.56 Å². The summed E-state index contributed by atoms with van der Waals surface area (Å²) in [4.78, 5) is 0. The quantitative estimate of drug-likeness (QED) is 0.375. The maximum atomic E-state index is 3.27. The highest BCUT2D eigenvalue weighted by Gasteiger charge is 1.96. The molecule has 0 amide bonds. The van der Waals surface area contributed by atoms with Gasteiger partial charge >= 0.3 is 0 Å². The lowest BCUT2D eigenvalue weighted by atomic mass is 10.0. The smallest absolute Gasteiger partial charge is 0.0327 e. The van der Waals surface area contributed by atoms with Crippen molar-refractivity contribution in [1.29, 1.82) is 0 Å². The van der Waals surface area contributed by atoms with E-state index >= 15 is 0 Å². The Labute approximate surface area is 142 Å². The Morgan fingerprint density at radius 1 is 0.583 bits per heavy atom. The third-order valence-corrected chi connectivity index (χ3v) is 4.17. The molecular weight excluding hydrogens is 288 g/mol. The van der Waals surface area contributed by atoms with E-state index in [4.69, 9.17) is 0 Å². The third-order valence-electron chi connectivity index (χ3n) is 4.17. The Morgan fingerprint density at radius 2 is 1.21 bits per heavy atom. The van der Waals surface area contributed by atoms with Gasteiger partial charge in [-0.15, -0.1) is 0 Å². The molecule has 0 saturated heterocycles. The molecule has 0 radical (unpaired) electrons. The molecule has 0 nitrogen and oxygen atoms in total. The van der Waals surface area contributed by atoms with E-state index in [0.717, 1.165) is 5.56 Å². The average Bonchev–Trinajstić information content (AvgIpc) is 2.65. The molecule has 0 aliphatic heterocycles. The van der Waals surface area contributed by atoms with Crippen molar-refractivity contribution in [1.82, 2.24) is 0 Å². The van der Waals surface area contributed by atoms with Gasteiger partial charge in [0.2, 0.25) is 0 Å². The van der Waals surface area contributed by atoms with Gasteiger partial charge in [-0.2, -0.15) is 0 Å². The fourth-order valence-electron chi connectivity index (χ4n) is 2.98. The molecule has 4 aromatic carbocycles. The van der Waals surface area contributed by atoms with E-state index in [0.29, 0.717) is 0 Å². The Balaban J connectivity index is 1.67. The van der Waals surface area contributed by atoms with Crippen LogP contribution in [0.25, 0.3) is 27.6 Å². The summed E-state index contributed by atoms with van der Waals surface area (Å²) in [5, 5.41) is 4.93. The van der Waals surface area contributed by atoms with Crippen LogP contribution in [0, 0.1) is 11.8 Å². The lowest BCUT2D eigenvalue weighted by molar-refractivity contribution is 1.70. The Bertz CT molecular complexity index is 1090. The van der Waals surface area contributed by atoms with E-state index in [1.807, 2.05) is 6.08 Å². The lowest BCUT2D eigenvalue weighted by Gasteiger charge is -2.00. The maximum Gasteiger partial charge on any atom is 0.0327 e. The first-order valence-corrected chi connectivity index (χ1v) is 8.05. The summed E-state index contributed by atoms with van der Waals surface area (Å²) in [6.45, 7) is 0. The predicted octanol–water partition coefficient (Wildman–Crippen LogP) is 6.06. The van der Waals surface area contributed by atoms with Crippen molar-refractivity contribution in [2.45, 2.75) is 0 Å². The van der Waals surface area contributed by atoms with Gasteiger partial charge in [-0.05, 0) is 45.3 Å². The minimum absolute atomic E-state index is 1.07. The van der Waals surface area contributed by atoms with Crippen LogP contribution in [0.2, 0.25) is 0 Å². The molecule has 0 fully saturated rings. The van der Waals surface area contributed by atoms with Crippen molar-refractivity contribution in [2.75, 3.05) is 0 Å². The van der Waals surface area contributed by atoms with Crippen LogP contribution in [0.4, 0.5) is 0 Å². The van der Waals surface area contributed by atoms with Crippen LogP contribution in [0.3, 0.4) is 0 Å². The van der Waals surface area contributed by atoms with Crippen molar-refractivity contribution >= 4 is 27.6 Å². The van der Waals surface area contributed by atoms with E-state index in [-0.39, 0.29) is 0 Å². The van der Waals surface area contributed by atoms with Crippen LogP contribution >= 0.6 is 0 Å². The van der Waals surface area contributed by atoms with Crippen LogP contribution < -0.4 is 0 Å². The van der Waals surface area contributed by atoms with Crippen molar-refractivity contribution < 1.29 is 0 Å². The van der Waals surface area contributed by atoms with E-state index < -0.39 is 0 Å². The summed E-state index contributed by atoms with van der Waals surface area (Å²) in [5.74, 6) is 6.45. The molecule has 0 bridgehead atoms. The second-order valence-corrected chi connectivity index (χ2v) is 5.70.